The Morgan fingerprint density at radius 2 is 1.73 bits per heavy atom. The fourth-order valence-corrected chi connectivity index (χ4v) is 5.89. The summed E-state index contributed by atoms with van der Waals surface area (Å²) in [6.45, 7) is 7.33. The van der Waals surface area contributed by atoms with Crippen LogP contribution < -0.4 is 0 Å². The van der Waals surface area contributed by atoms with Gasteiger partial charge in [0.2, 0.25) is 5.91 Å². The minimum Gasteiger partial charge on any atom is -0.342 e. The largest absolute Gasteiger partial charge is 0.342 e. The first-order valence-electron chi connectivity index (χ1n) is 11.0. The summed E-state index contributed by atoms with van der Waals surface area (Å²) in [6, 6.07) is 6.70. The maximum atomic E-state index is 13.5. The van der Waals surface area contributed by atoms with Crippen molar-refractivity contribution in [2.24, 2.45) is 10.8 Å². The second kappa shape index (κ2) is 7.84. The van der Waals surface area contributed by atoms with Crippen LogP contribution in [0.25, 0.3) is 0 Å². The van der Waals surface area contributed by atoms with Crippen LogP contribution in [-0.4, -0.2) is 84.9 Å². The zero-order chi connectivity index (χ0) is 21.5. The van der Waals surface area contributed by atoms with Crippen molar-refractivity contribution in [3.63, 3.8) is 0 Å². The average Bonchev–Trinajstić information content (AvgIpc) is 3.23. The van der Waals surface area contributed by atoms with Gasteiger partial charge in [-0.1, -0.05) is 12.1 Å². The van der Waals surface area contributed by atoms with Crippen molar-refractivity contribution in [3.05, 3.63) is 35.6 Å². The van der Waals surface area contributed by atoms with Crippen LogP contribution in [0.4, 0.5) is 9.18 Å². The van der Waals surface area contributed by atoms with Crippen LogP contribution in [0.2, 0.25) is 0 Å². The Morgan fingerprint density at radius 1 is 1.07 bits per heavy atom. The van der Waals surface area contributed by atoms with Crippen LogP contribution >= 0.6 is 0 Å². The Hall–Kier alpha value is -2.15. The van der Waals surface area contributed by atoms with E-state index in [4.69, 9.17) is 0 Å². The standard InChI is InChI=1S/C23H33FN4O2/c1-4-27-14-11-23(20(27)29)17-28(21(30)25(2)3)16-22(23)9-12-26(13-10-22)15-18-5-7-19(24)8-6-18/h5-8H,4,9-17H2,1-3H3/t23-/m0/s1. The van der Waals surface area contributed by atoms with Crippen molar-refractivity contribution in [3.8, 4) is 0 Å². The normalized spacial score (nSPS) is 26.2. The lowest BCUT2D eigenvalue weighted by atomic mass is 9.60. The summed E-state index contributed by atoms with van der Waals surface area (Å²) >= 11 is 0. The highest BCUT2D eigenvalue weighted by Gasteiger charge is 2.65. The van der Waals surface area contributed by atoms with E-state index in [2.05, 4.69) is 4.90 Å². The molecule has 0 aromatic heterocycles. The summed E-state index contributed by atoms with van der Waals surface area (Å²) in [4.78, 5) is 34.2. The van der Waals surface area contributed by atoms with Gasteiger partial charge in [-0.3, -0.25) is 9.69 Å². The predicted octanol–water partition coefficient (Wildman–Crippen LogP) is 2.64. The average molecular weight is 417 g/mol. The highest BCUT2D eigenvalue weighted by Crippen LogP contribution is 2.58. The third-order valence-electron chi connectivity index (χ3n) is 7.64. The molecule has 2 spiro atoms. The number of benzene rings is 1. The van der Waals surface area contributed by atoms with Crippen molar-refractivity contribution < 1.29 is 14.0 Å². The minimum absolute atomic E-state index is 0.00254. The number of nitrogens with zero attached hydrogens (tertiary/aromatic N) is 4. The molecule has 3 amide bonds. The van der Waals surface area contributed by atoms with Crippen LogP contribution in [0.15, 0.2) is 24.3 Å². The molecule has 3 fully saturated rings. The van der Waals surface area contributed by atoms with Crippen molar-refractivity contribution in [1.29, 1.82) is 0 Å². The van der Waals surface area contributed by atoms with Crippen molar-refractivity contribution in [2.75, 3.05) is 53.4 Å². The number of carbonyl (C=O) groups excluding carboxylic acids is 2. The smallest absolute Gasteiger partial charge is 0.319 e. The molecule has 1 aromatic carbocycles. The highest BCUT2D eigenvalue weighted by atomic mass is 19.1. The molecule has 0 unspecified atom stereocenters. The number of rotatable bonds is 3. The molecule has 3 heterocycles. The first-order chi connectivity index (χ1) is 14.3. The Bertz CT molecular complexity index is 804. The highest BCUT2D eigenvalue weighted by molar-refractivity contribution is 5.88. The van der Waals surface area contributed by atoms with E-state index in [1.165, 1.54) is 12.1 Å². The summed E-state index contributed by atoms with van der Waals surface area (Å²) in [6.07, 6.45) is 2.66. The van der Waals surface area contributed by atoms with E-state index < -0.39 is 5.41 Å². The number of fused-ring (bicyclic) bond motifs is 1. The fourth-order valence-electron chi connectivity index (χ4n) is 5.89. The molecule has 3 aliphatic rings. The number of hydrogen-bond acceptors (Lipinski definition) is 3. The maximum Gasteiger partial charge on any atom is 0.319 e. The molecule has 164 valence electrons. The molecule has 0 saturated carbocycles. The van der Waals surface area contributed by atoms with E-state index in [-0.39, 0.29) is 23.2 Å². The molecule has 4 rings (SSSR count). The number of hydrogen-bond donors (Lipinski definition) is 0. The summed E-state index contributed by atoms with van der Waals surface area (Å²) in [5, 5.41) is 0. The van der Waals surface area contributed by atoms with Gasteiger partial charge < -0.3 is 14.7 Å². The molecule has 0 radical (unpaired) electrons. The van der Waals surface area contributed by atoms with Crippen molar-refractivity contribution in [1.82, 2.24) is 19.6 Å². The van der Waals surface area contributed by atoms with Gasteiger partial charge in [0.25, 0.3) is 0 Å². The third kappa shape index (κ3) is 3.37. The first-order valence-corrected chi connectivity index (χ1v) is 11.0. The molecule has 0 N–H and O–H groups in total. The number of piperidine rings is 1. The molecule has 30 heavy (non-hydrogen) atoms. The van der Waals surface area contributed by atoms with Gasteiger partial charge in [0.15, 0.2) is 0 Å². The Kier molecular flexibility index (Phi) is 5.51. The number of urea groups is 1. The van der Waals surface area contributed by atoms with Gasteiger partial charge in [-0.05, 0) is 57.0 Å². The monoisotopic (exact) mass is 416 g/mol. The fraction of sp³-hybridized carbons (Fsp3) is 0.652. The molecule has 1 atom stereocenters. The molecular weight excluding hydrogens is 383 g/mol. The van der Waals surface area contributed by atoms with E-state index in [9.17, 15) is 14.0 Å². The molecule has 7 heteroatoms. The van der Waals surface area contributed by atoms with E-state index in [1.54, 1.807) is 19.0 Å². The van der Waals surface area contributed by atoms with Gasteiger partial charge in [0.05, 0.1) is 5.41 Å². The lowest BCUT2D eigenvalue weighted by Gasteiger charge is -2.46. The van der Waals surface area contributed by atoms with Gasteiger partial charge in [-0.25, -0.2) is 9.18 Å². The summed E-state index contributed by atoms with van der Waals surface area (Å²) in [5.41, 5.74) is 0.502. The SMILES string of the molecule is CCN1CC[C@]2(CN(C(=O)N(C)C)CC23CCN(Cc2ccc(F)cc2)CC3)C1=O. The summed E-state index contributed by atoms with van der Waals surface area (Å²) < 4.78 is 13.2. The lowest BCUT2D eigenvalue weighted by molar-refractivity contribution is -0.142. The van der Waals surface area contributed by atoms with Gasteiger partial charge in [0, 0.05) is 52.2 Å². The quantitative estimate of drug-likeness (QED) is 0.761. The van der Waals surface area contributed by atoms with E-state index in [0.29, 0.717) is 13.1 Å². The Labute approximate surface area is 178 Å². The lowest BCUT2D eigenvalue weighted by Crippen LogP contribution is -2.52. The molecule has 1 aromatic rings. The Balaban J connectivity index is 1.54. The second-order valence-corrected chi connectivity index (χ2v) is 9.43. The molecule has 0 bridgehead atoms. The second-order valence-electron chi connectivity index (χ2n) is 9.43. The first kappa shape index (κ1) is 21.1. The molecule has 0 aliphatic carbocycles. The van der Waals surface area contributed by atoms with Gasteiger partial charge >= 0.3 is 6.03 Å². The zero-order valence-corrected chi connectivity index (χ0v) is 18.4. The minimum atomic E-state index is -0.448. The van der Waals surface area contributed by atoms with Crippen LogP contribution in [0.3, 0.4) is 0 Å². The van der Waals surface area contributed by atoms with Gasteiger partial charge in [0.1, 0.15) is 5.82 Å². The molecule has 3 aliphatic heterocycles. The number of halogens is 1. The van der Waals surface area contributed by atoms with Crippen molar-refractivity contribution in [2.45, 2.75) is 32.7 Å². The number of carbonyl (C=O) groups is 2. The maximum absolute atomic E-state index is 13.5. The third-order valence-corrected chi connectivity index (χ3v) is 7.64. The molecule has 3 saturated heterocycles. The van der Waals surface area contributed by atoms with E-state index >= 15 is 0 Å². The van der Waals surface area contributed by atoms with Gasteiger partial charge in [-0.15, -0.1) is 0 Å². The van der Waals surface area contributed by atoms with Crippen LogP contribution in [0.5, 0.6) is 0 Å². The topological polar surface area (TPSA) is 47.1 Å². The summed E-state index contributed by atoms with van der Waals surface area (Å²) in [7, 11) is 3.56. The predicted molar refractivity (Wildman–Crippen MR) is 113 cm³/mol. The van der Waals surface area contributed by atoms with Crippen LogP contribution in [0, 0.1) is 16.6 Å². The van der Waals surface area contributed by atoms with E-state index in [1.807, 2.05) is 28.9 Å². The number of likely N-dealkylation sites (tertiary alicyclic amines) is 3. The van der Waals surface area contributed by atoms with Crippen LogP contribution in [0.1, 0.15) is 31.7 Å². The number of amides is 3. The zero-order valence-electron chi connectivity index (χ0n) is 18.4. The molecular formula is C23H33FN4O2. The van der Waals surface area contributed by atoms with Crippen LogP contribution in [-0.2, 0) is 11.3 Å². The Morgan fingerprint density at radius 3 is 2.30 bits per heavy atom. The molecule has 6 nitrogen and oxygen atoms in total. The summed E-state index contributed by atoms with van der Waals surface area (Å²) in [5.74, 6) is 0.0289. The van der Waals surface area contributed by atoms with E-state index in [0.717, 1.165) is 57.5 Å². The van der Waals surface area contributed by atoms with Crippen molar-refractivity contribution >= 4 is 11.9 Å². The van der Waals surface area contributed by atoms with Gasteiger partial charge in [-0.2, -0.15) is 0 Å².